The summed E-state index contributed by atoms with van der Waals surface area (Å²) in [4.78, 5) is 45.9. The molecule has 1 unspecified atom stereocenters. The van der Waals surface area contributed by atoms with Crippen LogP contribution in [0.3, 0.4) is 0 Å². The van der Waals surface area contributed by atoms with Gasteiger partial charge in [-0.25, -0.2) is 0 Å². The molecule has 0 spiro atoms. The van der Waals surface area contributed by atoms with E-state index in [4.69, 9.17) is 14.5 Å². The maximum atomic E-state index is 13.0. The van der Waals surface area contributed by atoms with Crippen molar-refractivity contribution in [2.24, 2.45) is 0 Å². The van der Waals surface area contributed by atoms with E-state index in [1.54, 1.807) is 11.0 Å². The van der Waals surface area contributed by atoms with Crippen LogP contribution in [-0.4, -0.2) is 71.0 Å². The zero-order valence-electron chi connectivity index (χ0n) is 24.6. The van der Waals surface area contributed by atoms with Crippen LogP contribution in [0.1, 0.15) is 78.0 Å². The number of fused-ring (bicyclic) bond motifs is 2. The van der Waals surface area contributed by atoms with Crippen molar-refractivity contribution in [2.75, 3.05) is 20.2 Å². The fourth-order valence-electron chi connectivity index (χ4n) is 7.26. The number of methoxy groups -OCH3 is 1. The minimum Gasteiger partial charge on any atom is -0.489 e. The van der Waals surface area contributed by atoms with E-state index in [1.165, 1.54) is 29.5 Å². The summed E-state index contributed by atoms with van der Waals surface area (Å²) in [6.07, 6.45) is 6.51. The number of likely N-dealkylation sites (tertiary alicyclic amines) is 1. The Balaban J connectivity index is 0.953. The molecule has 4 atom stereocenters. The normalized spacial score (nSPS) is 26.2. The number of benzene rings is 2. The molecule has 9 heteroatoms. The first-order valence-electron chi connectivity index (χ1n) is 15.5. The molecule has 3 aliphatic heterocycles. The maximum absolute atomic E-state index is 13.0. The molecule has 7 rings (SSSR count). The number of nitrogens with zero attached hydrogens (tertiary/aromatic N) is 3. The number of imide groups is 1. The van der Waals surface area contributed by atoms with Gasteiger partial charge in [0.25, 0.3) is 5.91 Å². The van der Waals surface area contributed by atoms with E-state index in [0.29, 0.717) is 30.6 Å². The first kappa shape index (κ1) is 28.0. The molecule has 3 amide bonds. The van der Waals surface area contributed by atoms with Crippen molar-refractivity contribution in [1.82, 2.24) is 20.1 Å². The van der Waals surface area contributed by atoms with Crippen LogP contribution in [0.4, 0.5) is 0 Å². The van der Waals surface area contributed by atoms with Crippen LogP contribution in [0.2, 0.25) is 0 Å². The van der Waals surface area contributed by atoms with Crippen LogP contribution in [0.15, 0.2) is 48.5 Å². The summed E-state index contributed by atoms with van der Waals surface area (Å²) >= 11 is 0. The Hall–Kier alpha value is -3.82. The number of carbonyl (C=O) groups excluding carboxylic acids is 3. The second kappa shape index (κ2) is 11.7. The van der Waals surface area contributed by atoms with Crippen LogP contribution < -0.4 is 10.1 Å². The van der Waals surface area contributed by atoms with Crippen LogP contribution >= 0.6 is 0 Å². The molecular formula is C34H38N4O5. The summed E-state index contributed by atoms with van der Waals surface area (Å²) in [5.41, 5.74) is 4.96. The van der Waals surface area contributed by atoms with Crippen molar-refractivity contribution in [3.63, 3.8) is 0 Å². The molecule has 1 saturated carbocycles. The molecule has 3 fully saturated rings. The predicted molar refractivity (Wildman–Crippen MR) is 161 cm³/mol. The average molecular weight is 583 g/mol. The topological polar surface area (TPSA) is 101 Å². The number of hydrogen-bond donors (Lipinski definition) is 1. The van der Waals surface area contributed by atoms with E-state index in [2.05, 4.69) is 40.5 Å². The number of pyridine rings is 1. The lowest BCUT2D eigenvalue weighted by molar-refractivity contribution is -0.136. The van der Waals surface area contributed by atoms with E-state index in [9.17, 15) is 14.4 Å². The molecule has 2 saturated heterocycles. The van der Waals surface area contributed by atoms with Crippen LogP contribution in [-0.2, 0) is 27.4 Å². The van der Waals surface area contributed by atoms with E-state index >= 15 is 0 Å². The molecule has 9 nitrogen and oxygen atoms in total. The van der Waals surface area contributed by atoms with Gasteiger partial charge in [-0.15, -0.1) is 0 Å². The summed E-state index contributed by atoms with van der Waals surface area (Å²) in [5, 5.41) is 3.53. The van der Waals surface area contributed by atoms with Crippen molar-refractivity contribution < 1.29 is 23.9 Å². The van der Waals surface area contributed by atoms with E-state index in [1.807, 2.05) is 19.2 Å². The molecule has 1 aromatic heterocycles. The van der Waals surface area contributed by atoms with Gasteiger partial charge in [0.05, 0.1) is 11.6 Å². The lowest BCUT2D eigenvalue weighted by atomic mass is 9.84. The number of carbonyl (C=O) groups is 3. The van der Waals surface area contributed by atoms with E-state index in [0.717, 1.165) is 55.7 Å². The number of hydrogen-bond acceptors (Lipinski definition) is 7. The Morgan fingerprint density at radius 3 is 2.74 bits per heavy atom. The van der Waals surface area contributed by atoms with Gasteiger partial charge in [0, 0.05) is 62.3 Å². The highest BCUT2D eigenvalue weighted by Gasteiger charge is 2.39. The lowest BCUT2D eigenvalue weighted by Gasteiger charge is -2.29. The Labute approximate surface area is 251 Å². The third kappa shape index (κ3) is 5.76. The number of ether oxygens (including phenoxy) is 2. The van der Waals surface area contributed by atoms with Gasteiger partial charge in [-0.1, -0.05) is 18.6 Å². The second-order valence-corrected chi connectivity index (χ2v) is 12.5. The number of amides is 3. The Kier molecular flexibility index (Phi) is 7.61. The highest BCUT2D eigenvalue weighted by atomic mass is 16.5. The Bertz CT molecular complexity index is 1570. The average Bonchev–Trinajstić information content (AvgIpc) is 3.59. The summed E-state index contributed by atoms with van der Waals surface area (Å²) in [6, 6.07) is 16.0. The fourth-order valence-corrected chi connectivity index (χ4v) is 7.26. The molecule has 0 bridgehead atoms. The first-order chi connectivity index (χ1) is 20.9. The monoisotopic (exact) mass is 582 g/mol. The van der Waals surface area contributed by atoms with Gasteiger partial charge in [0.15, 0.2) is 0 Å². The molecule has 1 N–H and O–H groups in total. The highest BCUT2D eigenvalue weighted by Crippen LogP contribution is 2.34. The summed E-state index contributed by atoms with van der Waals surface area (Å²) < 4.78 is 12.0. The SMILES string of the molecule is CO[C@@H]1CCC[C@H](c2ccc3cc(CN4CC[C@H](Oc5ccc6c(c5)CN(C5CCC(=O)NC5=O)C6=O)C4)ccc3n2)C1. The second-order valence-electron chi connectivity index (χ2n) is 12.5. The van der Waals surface area contributed by atoms with Crippen molar-refractivity contribution in [3.8, 4) is 5.75 Å². The Morgan fingerprint density at radius 2 is 1.88 bits per heavy atom. The zero-order valence-corrected chi connectivity index (χ0v) is 24.6. The predicted octanol–water partition coefficient (Wildman–Crippen LogP) is 4.32. The molecule has 1 aliphatic carbocycles. The van der Waals surface area contributed by atoms with Gasteiger partial charge >= 0.3 is 0 Å². The molecule has 43 heavy (non-hydrogen) atoms. The molecule has 4 heterocycles. The molecule has 0 radical (unpaired) electrons. The maximum Gasteiger partial charge on any atom is 0.255 e. The van der Waals surface area contributed by atoms with Crippen molar-refractivity contribution in [3.05, 3.63) is 70.9 Å². The molecule has 224 valence electrons. The molecule has 3 aromatic rings. The number of piperidine rings is 1. The van der Waals surface area contributed by atoms with E-state index in [-0.39, 0.29) is 24.3 Å². The summed E-state index contributed by atoms with van der Waals surface area (Å²) in [5.74, 6) is 0.366. The quantitative estimate of drug-likeness (QED) is 0.414. The number of rotatable bonds is 7. The van der Waals surface area contributed by atoms with Crippen molar-refractivity contribution in [1.29, 1.82) is 0 Å². The van der Waals surface area contributed by atoms with Crippen LogP contribution in [0, 0.1) is 0 Å². The molecule has 2 aromatic carbocycles. The van der Waals surface area contributed by atoms with Gasteiger partial charge in [0.2, 0.25) is 11.8 Å². The summed E-state index contributed by atoms with van der Waals surface area (Å²) in [7, 11) is 1.81. The number of aromatic nitrogens is 1. The first-order valence-corrected chi connectivity index (χ1v) is 15.5. The van der Waals surface area contributed by atoms with E-state index < -0.39 is 11.9 Å². The standard InChI is InChI=1S/C34H38N4O5/c1-42-25-4-2-3-22(16-25)30-10-6-23-15-21(5-9-29(23)35-30)18-37-14-13-27(20-37)43-26-7-8-28-24(17-26)19-38(34(28)41)31-11-12-32(39)36-33(31)40/h5-10,15,17,22,25,27,31H,2-4,11-14,16,18-20H2,1H3,(H,36,39,40)/t22-,25+,27-,31?/m0/s1. The minimum atomic E-state index is -0.612. The minimum absolute atomic E-state index is 0.0671. The summed E-state index contributed by atoms with van der Waals surface area (Å²) in [6.45, 7) is 2.99. The van der Waals surface area contributed by atoms with Crippen molar-refractivity contribution >= 4 is 28.6 Å². The third-order valence-electron chi connectivity index (χ3n) is 9.59. The third-order valence-corrected chi connectivity index (χ3v) is 9.59. The lowest BCUT2D eigenvalue weighted by Crippen LogP contribution is -2.52. The highest BCUT2D eigenvalue weighted by molar-refractivity contribution is 6.05. The van der Waals surface area contributed by atoms with Gasteiger partial charge in [0.1, 0.15) is 17.9 Å². The van der Waals surface area contributed by atoms with Crippen LogP contribution in [0.5, 0.6) is 5.75 Å². The smallest absolute Gasteiger partial charge is 0.255 e. The van der Waals surface area contributed by atoms with Crippen LogP contribution in [0.25, 0.3) is 10.9 Å². The molecular weight excluding hydrogens is 544 g/mol. The fraction of sp³-hybridized carbons (Fsp3) is 0.471. The largest absolute Gasteiger partial charge is 0.489 e. The van der Waals surface area contributed by atoms with Gasteiger partial charge in [-0.2, -0.15) is 0 Å². The van der Waals surface area contributed by atoms with Gasteiger partial charge < -0.3 is 14.4 Å². The molecule has 4 aliphatic rings. The van der Waals surface area contributed by atoms with Crippen molar-refractivity contribution in [2.45, 2.75) is 82.2 Å². The Morgan fingerprint density at radius 1 is 0.977 bits per heavy atom. The van der Waals surface area contributed by atoms with Gasteiger partial charge in [-0.3, -0.25) is 29.6 Å². The zero-order chi connectivity index (χ0) is 29.5. The van der Waals surface area contributed by atoms with Gasteiger partial charge in [-0.05, 0) is 79.6 Å². The number of nitrogens with one attached hydrogen (secondary N) is 1.